The summed E-state index contributed by atoms with van der Waals surface area (Å²) in [5.41, 5.74) is -0.757. The molecule has 0 bridgehead atoms. The van der Waals surface area contributed by atoms with Gasteiger partial charge in [0.15, 0.2) is 0 Å². The predicted octanol–water partition coefficient (Wildman–Crippen LogP) is 3.22. The Labute approximate surface area is 130 Å². The monoisotopic (exact) mass is 335 g/mol. The van der Waals surface area contributed by atoms with Crippen molar-refractivity contribution in [1.29, 1.82) is 0 Å². The zero-order valence-electron chi connectivity index (χ0n) is 12.5. The molecule has 0 spiro atoms. The van der Waals surface area contributed by atoms with Crippen molar-refractivity contribution in [3.63, 3.8) is 0 Å². The van der Waals surface area contributed by atoms with Crippen LogP contribution in [0.4, 0.5) is 17.6 Å². The molecular formula is C15H17F4NO3. The summed E-state index contributed by atoms with van der Waals surface area (Å²) in [6.45, 7) is 2.60. The third kappa shape index (κ3) is 4.34. The van der Waals surface area contributed by atoms with Crippen molar-refractivity contribution in [1.82, 2.24) is 5.32 Å². The van der Waals surface area contributed by atoms with Gasteiger partial charge >= 0.3 is 12.5 Å². The summed E-state index contributed by atoms with van der Waals surface area (Å²) < 4.78 is 60.1. The second kappa shape index (κ2) is 6.74. The third-order valence-corrected chi connectivity index (χ3v) is 3.56. The maximum absolute atomic E-state index is 13.0. The smallest absolute Gasteiger partial charge is 0.427 e. The lowest BCUT2D eigenvalue weighted by Crippen LogP contribution is -2.40. The van der Waals surface area contributed by atoms with Crippen LogP contribution in [0.3, 0.4) is 0 Å². The average molecular weight is 335 g/mol. The number of hydrogen-bond acceptors (Lipinski definition) is 3. The van der Waals surface area contributed by atoms with Crippen LogP contribution in [0.5, 0.6) is 5.75 Å². The van der Waals surface area contributed by atoms with Gasteiger partial charge in [0.25, 0.3) is 5.91 Å². The second-order valence-corrected chi connectivity index (χ2v) is 5.55. The maximum atomic E-state index is 13.0. The van der Waals surface area contributed by atoms with Crippen LogP contribution in [-0.4, -0.2) is 37.2 Å². The number of nitrogens with one attached hydrogen (secondary N) is 1. The van der Waals surface area contributed by atoms with E-state index < -0.39 is 29.8 Å². The van der Waals surface area contributed by atoms with E-state index in [1.165, 1.54) is 18.2 Å². The fraction of sp³-hybridized carbons (Fsp3) is 0.533. The van der Waals surface area contributed by atoms with Crippen LogP contribution in [0.2, 0.25) is 0 Å². The highest BCUT2D eigenvalue weighted by Crippen LogP contribution is 2.30. The first-order chi connectivity index (χ1) is 10.7. The molecule has 0 aliphatic carbocycles. The topological polar surface area (TPSA) is 47.6 Å². The van der Waals surface area contributed by atoms with E-state index in [2.05, 4.69) is 10.1 Å². The number of ether oxygens (including phenoxy) is 2. The molecule has 1 unspecified atom stereocenters. The Hall–Kier alpha value is -1.83. The summed E-state index contributed by atoms with van der Waals surface area (Å²) in [6.07, 6.45) is -7.04. The van der Waals surface area contributed by atoms with Crippen molar-refractivity contribution in [3.05, 3.63) is 29.8 Å². The molecule has 1 aliphatic heterocycles. The first-order valence-corrected chi connectivity index (χ1v) is 7.10. The first kappa shape index (κ1) is 17.5. The highest BCUT2D eigenvalue weighted by atomic mass is 19.3. The SMILES string of the molecule is CC1(CNC(=O)c2ccccc2OC(F)(F)C(F)F)CCCO1. The third-order valence-electron chi connectivity index (χ3n) is 3.56. The van der Waals surface area contributed by atoms with Gasteiger partial charge in [-0.25, -0.2) is 0 Å². The van der Waals surface area contributed by atoms with Crippen molar-refractivity contribution in [2.75, 3.05) is 13.2 Å². The normalized spacial score (nSPS) is 21.5. The number of amides is 1. The standard InChI is InChI=1S/C15H17F4NO3/c1-14(7-4-8-22-14)9-20-12(21)10-5-2-3-6-11(10)23-15(18,19)13(16)17/h2-3,5-6,13H,4,7-9H2,1H3,(H,20,21). The summed E-state index contributed by atoms with van der Waals surface area (Å²) in [7, 11) is 0. The Bertz CT molecular complexity index is 559. The summed E-state index contributed by atoms with van der Waals surface area (Å²) in [5.74, 6) is -1.30. The molecule has 1 fully saturated rings. The van der Waals surface area contributed by atoms with Crippen LogP contribution >= 0.6 is 0 Å². The molecule has 8 heteroatoms. The van der Waals surface area contributed by atoms with Crippen LogP contribution in [0, 0.1) is 0 Å². The van der Waals surface area contributed by atoms with Crippen LogP contribution in [-0.2, 0) is 4.74 Å². The van der Waals surface area contributed by atoms with Crippen molar-refractivity contribution < 1.29 is 31.8 Å². The maximum Gasteiger partial charge on any atom is 0.461 e. The second-order valence-electron chi connectivity index (χ2n) is 5.55. The molecule has 1 heterocycles. The molecule has 128 valence electrons. The highest BCUT2D eigenvalue weighted by molar-refractivity contribution is 5.96. The lowest BCUT2D eigenvalue weighted by atomic mass is 10.0. The average Bonchev–Trinajstić information content (AvgIpc) is 2.92. The summed E-state index contributed by atoms with van der Waals surface area (Å²) in [5, 5.41) is 2.56. The lowest BCUT2D eigenvalue weighted by Gasteiger charge is -2.24. The fourth-order valence-corrected chi connectivity index (χ4v) is 2.27. The van der Waals surface area contributed by atoms with Gasteiger partial charge in [0.05, 0.1) is 11.2 Å². The van der Waals surface area contributed by atoms with E-state index in [1.54, 1.807) is 0 Å². The van der Waals surface area contributed by atoms with Gasteiger partial charge < -0.3 is 14.8 Å². The molecule has 0 radical (unpaired) electrons. The molecule has 1 aliphatic rings. The van der Waals surface area contributed by atoms with Crippen molar-refractivity contribution >= 4 is 5.91 Å². The number of alkyl halides is 4. The lowest BCUT2D eigenvalue weighted by molar-refractivity contribution is -0.253. The number of hydrogen-bond donors (Lipinski definition) is 1. The molecule has 1 N–H and O–H groups in total. The molecule has 4 nitrogen and oxygen atoms in total. The molecule has 0 saturated carbocycles. The Morgan fingerprint density at radius 3 is 2.74 bits per heavy atom. The minimum atomic E-state index is -4.67. The number of carbonyl (C=O) groups is 1. The Balaban J connectivity index is 2.08. The fourth-order valence-electron chi connectivity index (χ4n) is 2.27. The minimum Gasteiger partial charge on any atom is -0.427 e. The van der Waals surface area contributed by atoms with Gasteiger partial charge in [-0.1, -0.05) is 12.1 Å². The predicted molar refractivity (Wildman–Crippen MR) is 73.9 cm³/mol. The molecule has 1 saturated heterocycles. The quantitative estimate of drug-likeness (QED) is 0.812. The van der Waals surface area contributed by atoms with Gasteiger partial charge in [-0.3, -0.25) is 4.79 Å². The van der Waals surface area contributed by atoms with Gasteiger partial charge in [-0.05, 0) is 31.9 Å². The van der Waals surface area contributed by atoms with E-state index in [0.29, 0.717) is 6.61 Å². The zero-order valence-corrected chi connectivity index (χ0v) is 12.5. The van der Waals surface area contributed by atoms with Crippen LogP contribution in [0.25, 0.3) is 0 Å². The molecule has 1 aromatic carbocycles. The minimum absolute atomic E-state index is 0.186. The molecule has 1 atom stereocenters. The van der Waals surface area contributed by atoms with E-state index in [9.17, 15) is 22.4 Å². The van der Waals surface area contributed by atoms with Crippen LogP contribution in [0.1, 0.15) is 30.1 Å². The van der Waals surface area contributed by atoms with Gasteiger partial charge in [-0.2, -0.15) is 17.6 Å². The van der Waals surface area contributed by atoms with E-state index >= 15 is 0 Å². The van der Waals surface area contributed by atoms with Gasteiger partial charge in [0, 0.05) is 13.2 Å². The number of rotatable bonds is 6. The van der Waals surface area contributed by atoms with E-state index in [4.69, 9.17) is 4.74 Å². The molecule has 1 aromatic rings. The number of carbonyl (C=O) groups excluding carboxylic acids is 1. The number of benzene rings is 1. The van der Waals surface area contributed by atoms with Crippen molar-refractivity contribution in [2.45, 2.75) is 37.9 Å². The Morgan fingerprint density at radius 2 is 2.13 bits per heavy atom. The van der Waals surface area contributed by atoms with Crippen LogP contribution < -0.4 is 10.1 Å². The molecule has 0 aromatic heterocycles. The van der Waals surface area contributed by atoms with Crippen LogP contribution in [0.15, 0.2) is 24.3 Å². The highest BCUT2D eigenvalue weighted by Gasteiger charge is 2.44. The summed E-state index contributed by atoms with van der Waals surface area (Å²) >= 11 is 0. The van der Waals surface area contributed by atoms with Crippen molar-refractivity contribution in [3.8, 4) is 5.75 Å². The Kier molecular flexibility index (Phi) is 5.13. The van der Waals surface area contributed by atoms with Gasteiger partial charge in [0.2, 0.25) is 0 Å². The number of halogens is 4. The summed E-state index contributed by atoms with van der Waals surface area (Å²) in [4.78, 5) is 12.1. The van der Waals surface area contributed by atoms with E-state index in [-0.39, 0.29) is 12.1 Å². The largest absolute Gasteiger partial charge is 0.461 e. The first-order valence-electron chi connectivity index (χ1n) is 7.10. The van der Waals surface area contributed by atoms with Crippen molar-refractivity contribution in [2.24, 2.45) is 0 Å². The summed E-state index contributed by atoms with van der Waals surface area (Å²) in [6, 6.07) is 5.01. The Morgan fingerprint density at radius 1 is 1.43 bits per heavy atom. The van der Waals surface area contributed by atoms with E-state index in [0.717, 1.165) is 18.9 Å². The molecule has 1 amide bonds. The molecule has 23 heavy (non-hydrogen) atoms. The van der Waals surface area contributed by atoms with Gasteiger partial charge in [-0.15, -0.1) is 0 Å². The zero-order chi connectivity index (χ0) is 17.1. The molecule has 2 rings (SSSR count). The molecular weight excluding hydrogens is 318 g/mol. The number of para-hydroxylation sites is 1. The van der Waals surface area contributed by atoms with Gasteiger partial charge in [0.1, 0.15) is 5.75 Å². The van der Waals surface area contributed by atoms with E-state index in [1.807, 2.05) is 6.92 Å².